The van der Waals surface area contributed by atoms with E-state index in [9.17, 15) is 45.8 Å². The van der Waals surface area contributed by atoms with Gasteiger partial charge in [-0.2, -0.15) is 26.3 Å². The van der Waals surface area contributed by atoms with Crippen LogP contribution < -0.4 is 16.0 Å². The summed E-state index contributed by atoms with van der Waals surface area (Å²) in [5.74, 6) is -2.41. The molecule has 2 N–H and O–H groups in total. The zero-order valence-electron chi connectivity index (χ0n) is 21.1. The fraction of sp³-hybridized carbons (Fsp3) is 0.360. The van der Waals surface area contributed by atoms with Gasteiger partial charge >= 0.3 is 18.0 Å². The first-order valence-corrected chi connectivity index (χ1v) is 12.4. The molecule has 0 spiro atoms. The summed E-state index contributed by atoms with van der Waals surface area (Å²) in [6.07, 6.45) is -11.8. The van der Waals surface area contributed by atoms with Crippen molar-refractivity contribution >= 4 is 23.4 Å². The van der Waals surface area contributed by atoms with Crippen LogP contribution in [-0.4, -0.2) is 49.7 Å². The molecule has 4 rings (SSSR count). The Morgan fingerprint density at radius 2 is 1.76 bits per heavy atom. The molecule has 2 amide bonds. The fourth-order valence-corrected chi connectivity index (χ4v) is 4.13. The number of nitrogens with one attached hydrogen (secondary N) is 1. The maximum absolute atomic E-state index is 13.5. The summed E-state index contributed by atoms with van der Waals surface area (Å²) in [6.45, 7) is -0.433. The van der Waals surface area contributed by atoms with Crippen LogP contribution in [0.5, 0.6) is 0 Å². The summed E-state index contributed by atoms with van der Waals surface area (Å²) in [5.41, 5.74) is -2.79. The Morgan fingerprint density at radius 3 is 2.29 bits per heavy atom. The van der Waals surface area contributed by atoms with Crippen molar-refractivity contribution in [3.8, 4) is 11.4 Å². The number of nitrogens with zero attached hydrogens (tertiary/aromatic N) is 4. The van der Waals surface area contributed by atoms with Gasteiger partial charge in [0.2, 0.25) is 11.8 Å². The standard InChI is InChI=1S/C25H22ClF6N5O4/c1-13(38)36(20(22(40)33-18-9-10-18)15-3-2-4-16(11-15)24(27,28)29)37-23(41)35(12-19(39)25(30,31)32)21(34-37)14-5-7-17(26)8-6-14/h2-8,11,18-20,39H,9-10,12H2,1H3,(H,33,40). The lowest BCUT2D eigenvalue weighted by Crippen LogP contribution is -2.53. The number of rotatable bonds is 8. The van der Waals surface area contributed by atoms with E-state index < -0.39 is 59.9 Å². The number of carbonyl (C=O) groups excluding carboxylic acids is 2. The van der Waals surface area contributed by atoms with E-state index in [2.05, 4.69) is 10.4 Å². The van der Waals surface area contributed by atoms with Gasteiger partial charge in [-0.1, -0.05) is 23.7 Å². The van der Waals surface area contributed by atoms with Crippen LogP contribution in [0.25, 0.3) is 11.4 Å². The molecule has 1 aromatic heterocycles. The van der Waals surface area contributed by atoms with E-state index in [-0.39, 0.29) is 22.2 Å². The fourth-order valence-electron chi connectivity index (χ4n) is 4.00. The van der Waals surface area contributed by atoms with Crippen LogP contribution in [0.2, 0.25) is 5.02 Å². The molecule has 2 aromatic carbocycles. The highest BCUT2D eigenvalue weighted by molar-refractivity contribution is 6.30. The number of aliphatic hydroxyl groups excluding tert-OH is 1. The maximum atomic E-state index is 13.5. The maximum Gasteiger partial charge on any atom is 0.416 e. The van der Waals surface area contributed by atoms with Gasteiger partial charge in [0.1, 0.15) is 0 Å². The molecule has 1 aliphatic rings. The minimum absolute atomic E-state index is 0.0566. The van der Waals surface area contributed by atoms with Crippen molar-refractivity contribution in [3.05, 3.63) is 75.2 Å². The first-order valence-electron chi connectivity index (χ1n) is 12.1. The predicted molar refractivity (Wildman–Crippen MR) is 133 cm³/mol. The van der Waals surface area contributed by atoms with E-state index in [1.807, 2.05) is 0 Å². The highest BCUT2D eigenvalue weighted by Crippen LogP contribution is 2.33. The second-order valence-electron chi connectivity index (χ2n) is 9.34. The zero-order valence-corrected chi connectivity index (χ0v) is 21.8. The van der Waals surface area contributed by atoms with E-state index in [0.717, 1.165) is 25.1 Å². The van der Waals surface area contributed by atoms with E-state index in [1.165, 1.54) is 24.3 Å². The molecule has 0 saturated heterocycles. The topological polar surface area (TPSA) is 109 Å². The predicted octanol–water partition coefficient (Wildman–Crippen LogP) is 3.81. The highest BCUT2D eigenvalue weighted by Gasteiger charge is 2.41. The van der Waals surface area contributed by atoms with E-state index in [1.54, 1.807) is 0 Å². The first kappa shape index (κ1) is 30.1. The second kappa shape index (κ2) is 11.2. The van der Waals surface area contributed by atoms with Gasteiger partial charge in [-0.05, 0) is 54.8 Å². The normalized spacial score (nSPS) is 15.3. The Hall–Kier alpha value is -3.85. The van der Waals surface area contributed by atoms with Crippen molar-refractivity contribution in [2.45, 2.75) is 56.9 Å². The molecular weight excluding hydrogens is 584 g/mol. The van der Waals surface area contributed by atoms with Gasteiger partial charge < -0.3 is 10.4 Å². The van der Waals surface area contributed by atoms with Gasteiger partial charge in [0.25, 0.3) is 0 Å². The van der Waals surface area contributed by atoms with Crippen LogP contribution in [0.1, 0.15) is 36.9 Å². The number of aliphatic hydroxyl groups is 1. The van der Waals surface area contributed by atoms with Gasteiger partial charge in [-0.15, -0.1) is 9.89 Å². The minimum atomic E-state index is -5.14. The van der Waals surface area contributed by atoms with Crippen LogP contribution >= 0.6 is 11.6 Å². The molecule has 2 unspecified atom stereocenters. The lowest BCUT2D eigenvalue weighted by atomic mass is 10.0. The summed E-state index contributed by atoms with van der Waals surface area (Å²) < 4.78 is 80.7. The molecule has 41 heavy (non-hydrogen) atoms. The minimum Gasteiger partial charge on any atom is -0.382 e. The molecule has 0 aliphatic heterocycles. The van der Waals surface area contributed by atoms with E-state index in [0.29, 0.717) is 33.3 Å². The van der Waals surface area contributed by atoms with Gasteiger partial charge in [0.05, 0.1) is 12.1 Å². The summed E-state index contributed by atoms with van der Waals surface area (Å²) in [5, 5.41) is 17.0. The molecule has 1 aliphatic carbocycles. The molecular formula is C25H22ClF6N5O4. The van der Waals surface area contributed by atoms with Crippen molar-refractivity contribution in [3.63, 3.8) is 0 Å². The lowest BCUT2D eigenvalue weighted by molar-refractivity contribution is -0.207. The monoisotopic (exact) mass is 605 g/mol. The Morgan fingerprint density at radius 1 is 1.12 bits per heavy atom. The van der Waals surface area contributed by atoms with Crippen LogP contribution in [0, 0.1) is 0 Å². The summed E-state index contributed by atoms with van der Waals surface area (Å²) in [6, 6.07) is 6.65. The number of carbonyl (C=O) groups is 2. The molecule has 1 saturated carbocycles. The van der Waals surface area contributed by atoms with Crippen LogP contribution in [0.3, 0.4) is 0 Å². The third kappa shape index (κ3) is 6.73. The summed E-state index contributed by atoms with van der Waals surface area (Å²) in [7, 11) is 0. The van der Waals surface area contributed by atoms with Crippen molar-refractivity contribution < 1.29 is 41.0 Å². The number of hydrogen-bond acceptors (Lipinski definition) is 5. The molecule has 3 aromatic rings. The Kier molecular flexibility index (Phi) is 8.23. The van der Waals surface area contributed by atoms with Gasteiger partial charge in [0.15, 0.2) is 18.0 Å². The Labute approximate surface area is 232 Å². The van der Waals surface area contributed by atoms with Gasteiger partial charge in [0, 0.05) is 23.6 Å². The zero-order chi connectivity index (χ0) is 30.3. The van der Waals surface area contributed by atoms with Crippen LogP contribution in [0.4, 0.5) is 26.3 Å². The summed E-state index contributed by atoms with van der Waals surface area (Å²) >= 11 is 5.89. The lowest BCUT2D eigenvalue weighted by Gasteiger charge is -2.29. The number of amides is 2. The number of aromatic nitrogens is 3. The Bertz CT molecular complexity index is 1500. The van der Waals surface area contributed by atoms with E-state index >= 15 is 0 Å². The number of benzene rings is 2. The van der Waals surface area contributed by atoms with Crippen LogP contribution in [-0.2, 0) is 22.3 Å². The average Bonchev–Trinajstić information content (AvgIpc) is 3.64. The Balaban J connectivity index is 1.92. The van der Waals surface area contributed by atoms with Crippen molar-refractivity contribution in [2.75, 3.05) is 5.01 Å². The first-order chi connectivity index (χ1) is 19.1. The largest absolute Gasteiger partial charge is 0.416 e. The quantitative estimate of drug-likeness (QED) is 0.380. The molecule has 9 nitrogen and oxygen atoms in total. The average molecular weight is 606 g/mol. The molecule has 2 atom stereocenters. The third-order valence-electron chi connectivity index (χ3n) is 6.16. The molecule has 1 heterocycles. The third-order valence-corrected chi connectivity index (χ3v) is 6.41. The second-order valence-corrected chi connectivity index (χ2v) is 9.78. The number of alkyl halides is 6. The number of halogens is 7. The van der Waals surface area contributed by atoms with Crippen molar-refractivity contribution in [2.24, 2.45) is 0 Å². The van der Waals surface area contributed by atoms with Gasteiger partial charge in [-0.25, -0.2) is 9.80 Å². The van der Waals surface area contributed by atoms with Gasteiger partial charge in [-0.3, -0.25) is 14.2 Å². The van der Waals surface area contributed by atoms with Crippen molar-refractivity contribution in [1.29, 1.82) is 0 Å². The highest BCUT2D eigenvalue weighted by atomic mass is 35.5. The van der Waals surface area contributed by atoms with Crippen molar-refractivity contribution in [1.82, 2.24) is 19.8 Å². The van der Waals surface area contributed by atoms with Crippen LogP contribution in [0.15, 0.2) is 53.3 Å². The smallest absolute Gasteiger partial charge is 0.382 e. The molecule has 220 valence electrons. The molecule has 1 fully saturated rings. The van der Waals surface area contributed by atoms with E-state index in [4.69, 9.17) is 11.6 Å². The number of hydrogen-bond donors (Lipinski definition) is 2. The molecule has 0 bridgehead atoms. The summed E-state index contributed by atoms with van der Waals surface area (Å²) in [4.78, 5) is 40.1. The molecule has 16 heteroatoms. The SMILES string of the molecule is CC(=O)N(C(C(=O)NC1CC1)c1cccc(C(F)(F)F)c1)n1nc(-c2ccc(Cl)cc2)n(CC(O)C(F)(F)F)c1=O. The molecule has 0 radical (unpaired) electrons.